The maximum absolute atomic E-state index is 11.5. The van der Waals surface area contributed by atoms with Crippen molar-refractivity contribution in [3.8, 4) is 0 Å². The highest BCUT2D eigenvalue weighted by Gasteiger charge is 2.22. The highest BCUT2D eigenvalue weighted by molar-refractivity contribution is 7.81. The van der Waals surface area contributed by atoms with E-state index < -0.39 is 0 Å². The van der Waals surface area contributed by atoms with Crippen LogP contribution in [0.5, 0.6) is 0 Å². The molecule has 82 valence electrons. The number of piperazine rings is 1. The largest absolute Gasteiger partial charge is 0.395 e. The fourth-order valence-electron chi connectivity index (χ4n) is 1.60. The molecule has 5 heteroatoms. The van der Waals surface area contributed by atoms with Gasteiger partial charge in [-0.3, -0.25) is 9.69 Å². The number of hydrogen-bond acceptors (Lipinski definition) is 4. The highest BCUT2D eigenvalue weighted by atomic mass is 32.1. The predicted octanol–water partition coefficient (Wildman–Crippen LogP) is -0.559. The van der Waals surface area contributed by atoms with Crippen molar-refractivity contribution in [2.45, 2.75) is 12.2 Å². The van der Waals surface area contributed by atoms with Gasteiger partial charge in [0.1, 0.15) is 0 Å². The van der Waals surface area contributed by atoms with Gasteiger partial charge in [-0.2, -0.15) is 12.6 Å². The van der Waals surface area contributed by atoms with Gasteiger partial charge in [-0.25, -0.2) is 0 Å². The lowest BCUT2D eigenvalue weighted by Gasteiger charge is -2.35. The Hall–Kier alpha value is -0.260. The first-order valence-electron chi connectivity index (χ1n) is 4.95. The first-order valence-corrected chi connectivity index (χ1v) is 5.47. The van der Waals surface area contributed by atoms with Crippen LogP contribution < -0.4 is 0 Å². The van der Waals surface area contributed by atoms with Gasteiger partial charge in [-0.15, -0.1) is 0 Å². The Bertz CT molecular complexity index is 191. The van der Waals surface area contributed by atoms with E-state index in [-0.39, 0.29) is 17.8 Å². The molecule has 0 saturated carbocycles. The maximum atomic E-state index is 11.5. The minimum absolute atomic E-state index is 0.108. The lowest BCUT2D eigenvalue weighted by Crippen LogP contribution is -2.50. The Kier molecular flexibility index (Phi) is 4.71. The molecule has 4 nitrogen and oxygen atoms in total. The summed E-state index contributed by atoms with van der Waals surface area (Å²) in [7, 11) is 0. The number of amides is 1. The van der Waals surface area contributed by atoms with E-state index in [9.17, 15) is 4.79 Å². The molecular formula is C9H18N2O2S. The van der Waals surface area contributed by atoms with Crippen molar-refractivity contribution >= 4 is 18.5 Å². The monoisotopic (exact) mass is 218 g/mol. The van der Waals surface area contributed by atoms with Gasteiger partial charge in [0.15, 0.2) is 0 Å². The van der Waals surface area contributed by atoms with Crippen molar-refractivity contribution in [1.82, 2.24) is 9.80 Å². The third kappa shape index (κ3) is 3.15. The van der Waals surface area contributed by atoms with Crippen LogP contribution in [0.1, 0.15) is 6.92 Å². The number of hydrogen-bond donors (Lipinski definition) is 2. The van der Waals surface area contributed by atoms with E-state index in [1.807, 2.05) is 4.90 Å². The van der Waals surface area contributed by atoms with E-state index in [4.69, 9.17) is 5.11 Å². The molecule has 1 saturated heterocycles. The van der Waals surface area contributed by atoms with Gasteiger partial charge < -0.3 is 10.0 Å². The lowest BCUT2D eigenvalue weighted by atomic mass is 10.3. The van der Waals surface area contributed by atoms with E-state index in [1.165, 1.54) is 0 Å². The number of carbonyl (C=O) groups is 1. The summed E-state index contributed by atoms with van der Waals surface area (Å²) in [4.78, 5) is 15.5. The fraction of sp³-hybridized carbons (Fsp3) is 0.889. The number of aliphatic hydroxyl groups is 1. The standard InChI is InChI=1S/C9H18N2O2S/c1-8(14)9(13)11-4-2-10(3-5-11)6-7-12/h8,12,14H,2-7H2,1H3. The minimum Gasteiger partial charge on any atom is -0.395 e. The topological polar surface area (TPSA) is 43.8 Å². The second kappa shape index (κ2) is 5.58. The number of aliphatic hydroxyl groups excluding tert-OH is 1. The molecule has 1 atom stereocenters. The van der Waals surface area contributed by atoms with Crippen molar-refractivity contribution < 1.29 is 9.90 Å². The molecule has 1 unspecified atom stereocenters. The molecule has 1 heterocycles. The van der Waals surface area contributed by atoms with Crippen LogP contribution in [-0.2, 0) is 4.79 Å². The van der Waals surface area contributed by atoms with Crippen LogP contribution in [0.3, 0.4) is 0 Å². The Morgan fingerprint density at radius 3 is 2.43 bits per heavy atom. The molecule has 1 N–H and O–H groups in total. The van der Waals surface area contributed by atoms with Crippen LogP contribution in [-0.4, -0.2) is 65.4 Å². The summed E-state index contributed by atoms with van der Waals surface area (Å²) in [5.41, 5.74) is 0. The first kappa shape index (κ1) is 11.8. The van der Waals surface area contributed by atoms with Crippen LogP contribution >= 0.6 is 12.6 Å². The SMILES string of the molecule is CC(S)C(=O)N1CCN(CCO)CC1. The number of carbonyl (C=O) groups excluding carboxylic acids is 1. The Morgan fingerprint density at radius 2 is 2.00 bits per heavy atom. The summed E-state index contributed by atoms with van der Waals surface area (Å²) in [6.45, 7) is 5.91. The Morgan fingerprint density at radius 1 is 1.43 bits per heavy atom. The molecule has 0 aromatic heterocycles. The second-order valence-corrected chi connectivity index (χ2v) is 4.34. The molecule has 1 aliphatic rings. The highest BCUT2D eigenvalue weighted by Crippen LogP contribution is 2.06. The average molecular weight is 218 g/mol. The van der Waals surface area contributed by atoms with Crippen molar-refractivity contribution in [2.75, 3.05) is 39.3 Å². The van der Waals surface area contributed by atoms with E-state index in [0.29, 0.717) is 6.54 Å². The van der Waals surface area contributed by atoms with E-state index in [1.54, 1.807) is 6.92 Å². The second-order valence-electron chi connectivity index (χ2n) is 3.57. The van der Waals surface area contributed by atoms with Gasteiger partial charge in [0.25, 0.3) is 0 Å². The van der Waals surface area contributed by atoms with Gasteiger partial charge in [-0.05, 0) is 6.92 Å². The third-order valence-corrected chi connectivity index (χ3v) is 2.68. The quantitative estimate of drug-likeness (QED) is 0.624. The van der Waals surface area contributed by atoms with Crippen LogP contribution in [0.2, 0.25) is 0 Å². The normalized spacial score (nSPS) is 20.9. The molecule has 0 spiro atoms. The molecule has 0 bridgehead atoms. The Balaban J connectivity index is 2.32. The zero-order valence-corrected chi connectivity index (χ0v) is 9.41. The van der Waals surface area contributed by atoms with Gasteiger partial charge in [-0.1, -0.05) is 0 Å². The van der Waals surface area contributed by atoms with Crippen molar-refractivity contribution in [2.24, 2.45) is 0 Å². The third-order valence-electron chi connectivity index (χ3n) is 2.46. The summed E-state index contributed by atoms with van der Waals surface area (Å²) in [5.74, 6) is 0.108. The zero-order chi connectivity index (χ0) is 10.6. The summed E-state index contributed by atoms with van der Waals surface area (Å²) >= 11 is 4.12. The van der Waals surface area contributed by atoms with Crippen LogP contribution in [0.25, 0.3) is 0 Å². The van der Waals surface area contributed by atoms with E-state index >= 15 is 0 Å². The predicted molar refractivity (Wildman–Crippen MR) is 58.6 cm³/mol. The van der Waals surface area contributed by atoms with Crippen LogP contribution in [0, 0.1) is 0 Å². The molecular weight excluding hydrogens is 200 g/mol. The van der Waals surface area contributed by atoms with Crippen LogP contribution in [0.4, 0.5) is 0 Å². The summed E-state index contributed by atoms with van der Waals surface area (Å²) in [5, 5.41) is 8.54. The van der Waals surface area contributed by atoms with Gasteiger partial charge >= 0.3 is 0 Å². The number of β-amino-alcohol motifs (C(OH)–C–C–N with tert-alkyl or cyclic N) is 1. The lowest BCUT2D eigenvalue weighted by molar-refractivity contribution is -0.132. The molecule has 14 heavy (non-hydrogen) atoms. The Labute approximate surface area is 90.3 Å². The van der Waals surface area contributed by atoms with Crippen LogP contribution in [0.15, 0.2) is 0 Å². The maximum Gasteiger partial charge on any atom is 0.235 e. The van der Waals surface area contributed by atoms with E-state index in [0.717, 1.165) is 26.2 Å². The fourth-order valence-corrected chi connectivity index (χ4v) is 1.76. The summed E-state index contributed by atoms with van der Waals surface area (Å²) in [6, 6.07) is 0. The summed E-state index contributed by atoms with van der Waals surface area (Å²) < 4.78 is 0. The molecule has 1 amide bonds. The first-order chi connectivity index (χ1) is 6.65. The molecule has 1 fully saturated rings. The molecule has 0 aliphatic carbocycles. The smallest absolute Gasteiger partial charge is 0.235 e. The molecule has 0 aromatic rings. The van der Waals surface area contributed by atoms with Gasteiger partial charge in [0.05, 0.1) is 11.9 Å². The van der Waals surface area contributed by atoms with Crippen molar-refractivity contribution in [1.29, 1.82) is 0 Å². The number of nitrogens with zero attached hydrogens (tertiary/aromatic N) is 2. The number of rotatable bonds is 3. The molecule has 1 rings (SSSR count). The molecule has 0 aromatic carbocycles. The van der Waals surface area contributed by atoms with Crippen molar-refractivity contribution in [3.05, 3.63) is 0 Å². The minimum atomic E-state index is -0.209. The van der Waals surface area contributed by atoms with Gasteiger partial charge in [0, 0.05) is 32.7 Å². The van der Waals surface area contributed by atoms with E-state index in [2.05, 4.69) is 17.5 Å². The number of thiol groups is 1. The summed E-state index contributed by atoms with van der Waals surface area (Å²) in [6.07, 6.45) is 0. The zero-order valence-electron chi connectivity index (χ0n) is 8.52. The molecule has 1 aliphatic heterocycles. The van der Waals surface area contributed by atoms with Gasteiger partial charge in [0.2, 0.25) is 5.91 Å². The van der Waals surface area contributed by atoms with Crippen molar-refractivity contribution in [3.63, 3.8) is 0 Å². The average Bonchev–Trinajstić information content (AvgIpc) is 2.18. The molecule has 0 radical (unpaired) electrons.